The summed E-state index contributed by atoms with van der Waals surface area (Å²) in [5, 5.41) is 2.74. The Morgan fingerprint density at radius 1 is 1.35 bits per heavy atom. The van der Waals surface area contributed by atoms with Crippen molar-refractivity contribution in [2.45, 2.75) is 13.8 Å². The molecule has 0 bridgehead atoms. The van der Waals surface area contributed by atoms with Crippen molar-refractivity contribution in [3.8, 4) is 0 Å². The quantitative estimate of drug-likeness (QED) is 0.600. The van der Waals surface area contributed by atoms with Crippen molar-refractivity contribution in [2.24, 2.45) is 0 Å². The summed E-state index contributed by atoms with van der Waals surface area (Å²) in [5.41, 5.74) is 7.52. The van der Waals surface area contributed by atoms with Crippen LogP contribution in [0.5, 0.6) is 0 Å². The number of anilines is 2. The second-order valence-electron chi connectivity index (χ2n) is 4.23. The number of amides is 1. The maximum Gasteiger partial charge on any atom is 0.337 e. The predicted molar refractivity (Wildman–Crippen MR) is 78.8 cm³/mol. The standard InChI is InChI=1S/C14H21N3O3/c1-4-16-13(18)9-17(5-2)12-7-6-10(8-11(12)15)14(19)20-3/h6-8H,4-5,9,15H2,1-3H3,(H,16,18). The van der Waals surface area contributed by atoms with E-state index in [4.69, 9.17) is 5.73 Å². The van der Waals surface area contributed by atoms with E-state index in [1.54, 1.807) is 18.2 Å². The molecule has 110 valence electrons. The zero-order valence-electron chi connectivity index (χ0n) is 12.1. The molecule has 0 aliphatic heterocycles. The maximum atomic E-state index is 11.7. The van der Waals surface area contributed by atoms with Gasteiger partial charge in [0.2, 0.25) is 5.91 Å². The molecule has 0 radical (unpaired) electrons. The fourth-order valence-corrected chi connectivity index (χ4v) is 1.88. The molecule has 0 fully saturated rings. The number of carbonyl (C=O) groups is 2. The van der Waals surface area contributed by atoms with Gasteiger partial charge in [-0.05, 0) is 32.0 Å². The number of nitrogens with zero attached hydrogens (tertiary/aromatic N) is 1. The highest BCUT2D eigenvalue weighted by Crippen LogP contribution is 2.24. The minimum absolute atomic E-state index is 0.0641. The van der Waals surface area contributed by atoms with Gasteiger partial charge in [-0.15, -0.1) is 0 Å². The molecular formula is C14H21N3O3. The van der Waals surface area contributed by atoms with Gasteiger partial charge < -0.3 is 20.7 Å². The monoisotopic (exact) mass is 279 g/mol. The number of benzene rings is 1. The summed E-state index contributed by atoms with van der Waals surface area (Å²) >= 11 is 0. The first-order valence-electron chi connectivity index (χ1n) is 6.52. The van der Waals surface area contributed by atoms with E-state index < -0.39 is 5.97 Å². The van der Waals surface area contributed by atoms with Crippen molar-refractivity contribution in [1.29, 1.82) is 0 Å². The van der Waals surface area contributed by atoms with E-state index in [-0.39, 0.29) is 12.5 Å². The van der Waals surface area contributed by atoms with E-state index in [0.717, 1.165) is 5.69 Å². The van der Waals surface area contributed by atoms with Gasteiger partial charge in [-0.3, -0.25) is 4.79 Å². The van der Waals surface area contributed by atoms with Crippen LogP contribution in [-0.2, 0) is 9.53 Å². The Labute approximate surface area is 118 Å². The van der Waals surface area contributed by atoms with Crippen LogP contribution in [0.3, 0.4) is 0 Å². The molecule has 0 aromatic heterocycles. The number of hydrogen-bond acceptors (Lipinski definition) is 5. The van der Waals surface area contributed by atoms with Gasteiger partial charge in [-0.2, -0.15) is 0 Å². The molecule has 20 heavy (non-hydrogen) atoms. The summed E-state index contributed by atoms with van der Waals surface area (Å²) in [6.07, 6.45) is 0. The van der Waals surface area contributed by atoms with Crippen LogP contribution in [0.25, 0.3) is 0 Å². The Bertz CT molecular complexity index is 489. The van der Waals surface area contributed by atoms with Crippen molar-refractivity contribution >= 4 is 23.3 Å². The lowest BCUT2D eigenvalue weighted by atomic mass is 10.1. The van der Waals surface area contributed by atoms with Crippen LogP contribution >= 0.6 is 0 Å². The number of hydrogen-bond donors (Lipinski definition) is 2. The van der Waals surface area contributed by atoms with Crippen molar-refractivity contribution in [2.75, 3.05) is 37.4 Å². The van der Waals surface area contributed by atoms with E-state index in [0.29, 0.717) is 24.3 Å². The molecule has 3 N–H and O–H groups in total. The third-order valence-corrected chi connectivity index (χ3v) is 2.88. The summed E-state index contributed by atoms with van der Waals surface area (Å²) in [6, 6.07) is 4.92. The van der Waals surface area contributed by atoms with Gasteiger partial charge in [-0.1, -0.05) is 0 Å². The maximum absolute atomic E-state index is 11.7. The molecule has 0 saturated heterocycles. The highest BCUT2D eigenvalue weighted by Gasteiger charge is 2.14. The molecule has 0 spiro atoms. The molecule has 0 heterocycles. The second-order valence-corrected chi connectivity index (χ2v) is 4.23. The first kappa shape index (κ1) is 15.8. The number of nitrogens with one attached hydrogen (secondary N) is 1. The van der Waals surface area contributed by atoms with E-state index >= 15 is 0 Å². The smallest absolute Gasteiger partial charge is 0.337 e. The zero-order chi connectivity index (χ0) is 15.1. The number of nitrogen functional groups attached to an aromatic ring is 1. The first-order valence-corrected chi connectivity index (χ1v) is 6.52. The van der Waals surface area contributed by atoms with E-state index in [1.807, 2.05) is 18.7 Å². The number of carbonyl (C=O) groups excluding carboxylic acids is 2. The molecular weight excluding hydrogens is 258 g/mol. The van der Waals surface area contributed by atoms with Crippen LogP contribution in [0.15, 0.2) is 18.2 Å². The van der Waals surface area contributed by atoms with Gasteiger partial charge >= 0.3 is 5.97 Å². The van der Waals surface area contributed by atoms with Crippen molar-refractivity contribution < 1.29 is 14.3 Å². The minimum Gasteiger partial charge on any atom is -0.465 e. The van der Waals surface area contributed by atoms with Gasteiger partial charge in [0.15, 0.2) is 0 Å². The fraction of sp³-hybridized carbons (Fsp3) is 0.429. The largest absolute Gasteiger partial charge is 0.465 e. The summed E-state index contributed by atoms with van der Waals surface area (Å²) < 4.78 is 4.64. The van der Waals surface area contributed by atoms with Gasteiger partial charge in [-0.25, -0.2) is 4.79 Å². The Hall–Kier alpha value is -2.24. The summed E-state index contributed by atoms with van der Waals surface area (Å²) in [6.45, 7) is 5.26. The summed E-state index contributed by atoms with van der Waals surface area (Å²) in [4.78, 5) is 24.9. The van der Waals surface area contributed by atoms with Crippen LogP contribution in [0.2, 0.25) is 0 Å². The Kier molecular flexibility index (Phi) is 5.83. The lowest BCUT2D eigenvalue weighted by Gasteiger charge is -2.24. The number of rotatable bonds is 6. The van der Waals surface area contributed by atoms with Crippen LogP contribution in [0, 0.1) is 0 Å². The SMILES string of the molecule is CCNC(=O)CN(CC)c1ccc(C(=O)OC)cc1N. The third-order valence-electron chi connectivity index (χ3n) is 2.88. The van der Waals surface area contributed by atoms with Crippen LogP contribution < -0.4 is 16.0 Å². The van der Waals surface area contributed by atoms with Gasteiger partial charge in [0.25, 0.3) is 0 Å². The van der Waals surface area contributed by atoms with Crippen molar-refractivity contribution in [1.82, 2.24) is 5.32 Å². The fourth-order valence-electron chi connectivity index (χ4n) is 1.88. The highest BCUT2D eigenvalue weighted by molar-refractivity contribution is 5.92. The normalized spacial score (nSPS) is 9.95. The summed E-state index contributed by atoms with van der Waals surface area (Å²) in [7, 11) is 1.32. The highest BCUT2D eigenvalue weighted by atomic mass is 16.5. The number of nitrogens with two attached hydrogens (primary N) is 1. The van der Waals surface area contributed by atoms with Crippen LogP contribution in [0.4, 0.5) is 11.4 Å². The van der Waals surface area contributed by atoms with E-state index in [1.165, 1.54) is 7.11 Å². The molecule has 6 nitrogen and oxygen atoms in total. The molecule has 0 unspecified atom stereocenters. The molecule has 0 aliphatic carbocycles. The predicted octanol–water partition coefficient (Wildman–Crippen LogP) is 1.02. The van der Waals surface area contributed by atoms with Crippen molar-refractivity contribution in [3.63, 3.8) is 0 Å². The third kappa shape index (κ3) is 3.88. The Balaban J connectivity index is 2.93. The van der Waals surface area contributed by atoms with Crippen LogP contribution in [0.1, 0.15) is 24.2 Å². The van der Waals surface area contributed by atoms with Gasteiger partial charge in [0.05, 0.1) is 30.6 Å². The van der Waals surface area contributed by atoms with E-state index in [2.05, 4.69) is 10.1 Å². The Morgan fingerprint density at radius 2 is 2.05 bits per heavy atom. The average molecular weight is 279 g/mol. The van der Waals surface area contributed by atoms with Crippen LogP contribution in [-0.4, -0.2) is 38.6 Å². The number of methoxy groups -OCH3 is 1. The topological polar surface area (TPSA) is 84.7 Å². The Morgan fingerprint density at radius 3 is 2.55 bits per heavy atom. The zero-order valence-corrected chi connectivity index (χ0v) is 12.1. The minimum atomic E-state index is -0.435. The molecule has 6 heteroatoms. The number of likely N-dealkylation sites (N-methyl/N-ethyl adjacent to an activating group) is 2. The van der Waals surface area contributed by atoms with E-state index in [9.17, 15) is 9.59 Å². The second kappa shape index (κ2) is 7.37. The van der Waals surface area contributed by atoms with Gasteiger partial charge in [0, 0.05) is 13.1 Å². The lowest BCUT2D eigenvalue weighted by Crippen LogP contribution is -2.37. The van der Waals surface area contributed by atoms with Gasteiger partial charge in [0.1, 0.15) is 0 Å². The van der Waals surface area contributed by atoms with Crippen molar-refractivity contribution in [3.05, 3.63) is 23.8 Å². The summed E-state index contributed by atoms with van der Waals surface area (Å²) in [5.74, 6) is -0.499. The number of ether oxygens (including phenoxy) is 1. The molecule has 1 rings (SSSR count). The molecule has 1 aromatic rings. The molecule has 0 saturated carbocycles. The number of esters is 1. The molecule has 1 amide bonds. The molecule has 1 aromatic carbocycles. The lowest BCUT2D eigenvalue weighted by molar-refractivity contribution is -0.119. The molecule has 0 aliphatic rings. The molecule has 0 atom stereocenters. The average Bonchev–Trinajstić information content (AvgIpc) is 2.44. The first-order chi connectivity index (χ1) is 9.53.